The Morgan fingerprint density at radius 2 is 1.84 bits per heavy atom. The molecule has 0 atom stereocenters. The standard InChI is InChI=1S/C22H28N4O4S/c1-14(2)26(5)31(29,30)18-8-6-17(7-9-18)13-24-21(27)11-10-19-15(3)20(12-23)22(28)25-16(19)4/h6-9,14H,10-11,13H2,1-5H3,(H,24,27)(H,25,28). The van der Waals surface area contributed by atoms with Crippen molar-refractivity contribution in [1.82, 2.24) is 14.6 Å². The van der Waals surface area contributed by atoms with Crippen molar-refractivity contribution in [1.29, 1.82) is 5.26 Å². The Kier molecular flexibility index (Phi) is 7.76. The van der Waals surface area contributed by atoms with Crippen LogP contribution in [0, 0.1) is 25.2 Å². The molecular formula is C22H28N4O4S. The van der Waals surface area contributed by atoms with E-state index >= 15 is 0 Å². The smallest absolute Gasteiger partial charge is 0.266 e. The van der Waals surface area contributed by atoms with Crippen LogP contribution in [0.25, 0.3) is 0 Å². The Balaban J connectivity index is 1.99. The van der Waals surface area contributed by atoms with Crippen molar-refractivity contribution in [2.75, 3.05) is 7.05 Å². The summed E-state index contributed by atoms with van der Waals surface area (Å²) in [6.07, 6.45) is 0.595. The average molecular weight is 445 g/mol. The number of carbonyl (C=O) groups excluding carboxylic acids is 1. The minimum Gasteiger partial charge on any atom is -0.352 e. The summed E-state index contributed by atoms with van der Waals surface area (Å²) in [6, 6.07) is 8.18. The van der Waals surface area contributed by atoms with E-state index in [0.717, 1.165) is 11.1 Å². The van der Waals surface area contributed by atoms with Crippen molar-refractivity contribution in [2.24, 2.45) is 0 Å². The molecule has 0 saturated carbocycles. The van der Waals surface area contributed by atoms with Gasteiger partial charge in [-0.1, -0.05) is 12.1 Å². The van der Waals surface area contributed by atoms with Gasteiger partial charge in [-0.05, 0) is 62.9 Å². The maximum absolute atomic E-state index is 12.5. The number of hydrogen-bond acceptors (Lipinski definition) is 5. The number of carbonyl (C=O) groups is 1. The van der Waals surface area contributed by atoms with E-state index in [4.69, 9.17) is 5.26 Å². The van der Waals surface area contributed by atoms with E-state index in [2.05, 4.69) is 10.3 Å². The third-order valence-electron chi connectivity index (χ3n) is 5.34. The van der Waals surface area contributed by atoms with Crippen LogP contribution in [0.2, 0.25) is 0 Å². The van der Waals surface area contributed by atoms with Crippen LogP contribution in [0.3, 0.4) is 0 Å². The molecule has 166 valence electrons. The van der Waals surface area contributed by atoms with Crippen LogP contribution < -0.4 is 10.9 Å². The Labute approximate surface area is 183 Å². The molecule has 0 unspecified atom stereocenters. The lowest BCUT2D eigenvalue weighted by Crippen LogP contribution is -2.33. The zero-order valence-electron chi connectivity index (χ0n) is 18.4. The summed E-state index contributed by atoms with van der Waals surface area (Å²) in [5, 5.41) is 12.0. The van der Waals surface area contributed by atoms with E-state index in [0.29, 0.717) is 17.7 Å². The molecule has 0 saturated heterocycles. The van der Waals surface area contributed by atoms with Gasteiger partial charge >= 0.3 is 0 Å². The van der Waals surface area contributed by atoms with Crippen LogP contribution in [-0.4, -0.2) is 36.7 Å². The average Bonchev–Trinajstić information content (AvgIpc) is 2.71. The molecule has 1 amide bonds. The van der Waals surface area contributed by atoms with Gasteiger partial charge in [0.05, 0.1) is 4.90 Å². The Morgan fingerprint density at radius 1 is 1.23 bits per heavy atom. The minimum atomic E-state index is -3.54. The summed E-state index contributed by atoms with van der Waals surface area (Å²) in [5.74, 6) is -0.181. The topological polar surface area (TPSA) is 123 Å². The Hall–Kier alpha value is -2.96. The number of aromatic nitrogens is 1. The van der Waals surface area contributed by atoms with Gasteiger partial charge in [-0.25, -0.2) is 8.42 Å². The molecule has 1 aromatic carbocycles. The van der Waals surface area contributed by atoms with E-state index in [1.165, 1.54) is 16.4 Å². The van der Waals surface area contributed by atoms with Crippen LogP contribution in [0.1, 0.15) is 48.2 Å². The van der Waals surface area contributed by atoms with Gasteiger partial charge < -0.3 is 10.3 Å². The molecule has 0 spiro atoms. The molecule has 2 aromatic rings. The number of pyridine rings is 1. The number of benzene rings is 1. The molecule has 0 aliphatic heterocycles. The molecule has 0 aliphatic rings. The third kappa shape index (κ3) is 5.60. The number of nitrogens with zero attached hydrogens (tertiary/aromatic N) is 2. The number of hydrogen-bond donors (Lipinski definition) is 2. The summed E-state index contributed by atoms with van der Waals surface area (Å²) in [4.78, 5) is 26.9. The molecule has 1 aromatic heterocycles. The highest BCUT2D eigenvalue weighted by Crippen LogP contribution is 2.18. The van der Waals surface area contributed by atoms with E-state index in [-0.39, 0.29) is 35.4 Å². The SMILES string of the molecule is Cc1[nH]c(=O)c(C#N)c(C)c1CCC(=O)NCc1ccc(S(=O)(=O)N(C)C(C)C)cc1. The lowest BCUT2D eigenvalue weighted by atomic mass is 9.99. The summed E-state index contributed by atoms with van der Waals surface area (Å²) >= 11 is 0. The highest BCUT2D eigenvalue weighted by Gasteiger charge is 2.22. The number of rotatable bonds is 8. The van der Waals surface area contributed by atoms with Crippen molar-refractivity contribution in [3.63, 3.8) is 0 Å². The first kappa shape index (κ1) is 24.3. The number of aromatic amines is 1. The first-order valence-corrected chi connectivity index (χ1v) is 11.4. The Morgan fingerprint density at radius 3 is 2.39 bits per heavy atom. The van der Waals surface area contributed by atoms with Gasteiger partial charge in [0.25, 0.3) is 5.56 Å². The summed E-state index contributed by atoms with van der Waals surface area (Å²) < 4.78 is 26.3. The van der Waals surface area contributed by atoms with Crippen LogP contribution >= 0.6 is 0 Å². The predicted molar refractivity (Wildman–Crippen MR) is 118 cm³/mol. The van der Waals surface area contributed by atoms with Crippen LogP contribution in [-0.2, 0) is 27.8 Å². The van der Waals surface area contributed by atoms with Crippen molar-refractivity contribution in [3.8, 4) is 6.07 Å². The molecule has 0 fully saturated rings. The quantitative estimate of drug-likeness (QED) is 0.646. The highest BCUT2D eigenvalue weighted by atomic mass is 32.2. The molecule has 2 N–H and O–H groups in total. The third-order valence-corrected chi connectivity index (χ3v) is 7.39. The zero-order valence-corrected chi connectivity index (χ0v) is 19.3. The maximum atomic E-state index is 12.5. The fourth-order valence-electron chi connectivity index (χ4n) is 3.17. The molecule has 1 heterocycles. The van der Waals surface area contributed by atoms with E-state index in [1.807, 2.05) is 6.07 Å². The first-order valence-electron chi connectivity index (χ1n) is 9.95. The van der Waals surface area contributed by atoms with Gasteiger partial charge in [-0.15, -0.1) is 0 Å². The summed E-state index contributed by atoms with van der Waals surface area (Å²) in [6.45, 7) is 7.33. The van der Waals surface area contributed by atoms with Gasteiger partial charge in [0.1, 0.15) is 11.6 Å². The number of H-pyrrole nitrogens is 1. The van der Waals surface area contributed by atoms with E-state index in [1.54, 1.807) is 46.9 Å². The second kappa shape index (κ2) is 9.90. The largest absolute Gasteiger partial charge is 0.352 e. The van der Waals surface area contributed by atoms with Crippen molar-refractivity contribution in [3.05, 3.63) is 62.6 Å². The molecule has 0 radical (unpaired) electrons. The lowest BCUT2D eigenvalue weighted by molar-refractivity contribution is -0.121. The van der Waals surface area contributed by atoms with Gasteiger partial charge in [0, 0.05) is 31.7 Å². The number of sulfonamides is 1. The fraction of sp³-hybridized carbons (Fsp3) is 0.409. The van der Waals surface area contributed by atoms with E-state index < -0.39 is 15.6 Å². The van der Waals surface area contributed by atoms with Gasteiger partial charge in [0.15, 0.2) is 0 Å². The number of nitrogens with one attached hydrogen (secondary N) is 2. The molecule has 2 rings (SSSR count). The molecule has 9 heteroatoms. The van der Waals surface area contributed by atoms with Crippen LogP contribution in [0.5, 0.6) is 0 Å². The van der Waals surface area contributed by atoms with Gasteiger partial charge in [-0.3, -0.25) is 9.59 Å². The zero-order chi connectivity index (χ0) is 23.3. The van der Waals surface area contributed by atoms with Crippen molar-refractivity contribution < 1.29 is 13.2 Å². The van der Waals surface area contributed by atoms with E-state index in [9.17, 15) is 18.0 Å². The number of amides is 1. The molecule has 0 aliphatic carbocycles. The summed E-state index contributed by atoms with van der Waals surface area (Å²) in [7, 11) is -2.00. The van der Waals surface area contributed by atoms with Crippen molar-refractivity contribution in [2.45, 2.75) is 58.0 Å². The second-order valence-electron chi connectivity index (χ2n) is 7.71. The lowest BCUT2D eigenvalue weighted by Gasteiger charge is -2.21. The van der Waals surface area contributed by atoms with Gasteiger partial charge in [-0.2, -0.15) is 9.57 Å². The monoisotopic (exact) mass is 444 g/mol. The second-order valence-corrected chi connectivity index (χ2v) is 9.70. The molecular weight excluding hydrogens is 416 g/mol. The van der Waals surface area contributed by atoms with Gasteiger partial charge in [0.2, 0.25) is 15.9 Å². The summed E-state index contributed by atoms with van der Waals surface area (Å²) in [5.41, 5.74) is 2.46. The molecule has 8 nitrogen and oxygen atoms in total. The number of aryl methyl sites for hydroxylation is 1. The Bertz CT molecular complexity index is 1160. The maximum Gasteiger partial charge on any atom is 0.266 e. The first-order chi connectivity index (χ1) is 14.5. The van der Waals surface area contributed by atoms with Crippen molar-refractivity contribution >= 4 is 15.9 Å². The number of nitriles is 1. The minimum absolute atomic E-state index is 0.0687. The predicted octanol–water partition coefficient (Wildman–Crippen LogP) is 2.14. The fourth-order valence-corrected chi connectivity index (χ4v) is 4.54. The molecule has 31 heavy (non-hydrogen) atoms. The van der Waals surface area contributed by atoms with Crippen LogP contribution in [0.15, 0.2) is 34.0 Å². The van der Waals surface area contributed by atoms with Crippen LogP contribution in [0.4, 0.5) is 0 Å². The highest BCUT2D eigenvalue weighted by molar-refractivity contribution is 7.89. The molecule has 0 bridgehead atoms. The normalized spacial score (nSPS) is 11.5.